The predicted molar refractivity (Wildman–Crippen MR) is 142 cm³/mol. The SMILES string of the molecule is Nc1nn2c(-c3cccs3)c3c(nc2c1N=Nc1ccc([N+](=O)[O-])cc1)C/C(=C\c1cccs1)CC3. The fourth-order valence-electron chi connectivity index (χ4n) is 4.34. The first-order valence-corrected chi connectivity index (χ1v) is 13.0. The van der Waals surface area contributed by atoms with Gasteiger partial charge in [-0.05, 0) is 53.9 Å². The van der Waals surface area contributed by atoms with E-state index in [0.29, 0.717) is 17.0 Å². The van der Waals surface area contributed by atoms with Gasteiger partial charge in [-0.15, -0.1) is 32.9 Å². The molecule has 0 aliphatic heterocycles. The summed E-state index contributed by atoms with van der Waals surface area (Å²) in [7, 11) is 0. The number of nitrogens with zero attached hydrogens (tertiary/aromatic N) is 6. The molecule has 1 aliphatic carbocycles. The number of non-ortho nitro benzene ring substituents is 1. The van der Waals surface area contributed by atoms with Crippen molar-refractivity contribution in [2.75, 3.05) is 5.73 Å². The standard InChI is InChI=1S/C25H19N7O2S2/c26-24-22(29-28-16-6-8-17(9-7-16)32(33)34)25-27-20-14-15(13-18-3-1-11-35-18)5-10-19(20)23(31(25)30-24)21-4-2-12-36-21/h1-4,6-9,11-13H,5,10,14H2,(H2,26,30)/b15-13-,29-28?. The molecule has 4 aromatic heterocycles. The number of rotatable bonds is 5. The quantitative estimate of drug-likeness (QED) is 0.154. The Kier molecular flexibility index (Phi) is 5.62. The minimum absolute atomic E-state index is 0.00950. The number of hydrogen-bond donors (Lipinski definition) is 1. The van der Waals surface area contributed by atoms with Gasteiger partial charge in [0.2, 0.25) is 0 Å². The second-order valence-corrected chi connectivity index (χ2v) is 10.2. The number of azo groups is 1. The molecule has 2 N–H and O–H groups in total. The summed E-state index contributed by atoms with van der Waals surface area (Å²) in [6.07, 6.45) is 4.82. The van der Waals surface area contributed by atoms with E-state index in [-0.39, 0.29) is 11.5 Å². The molecule has 1 aliphatic rings. The molecule has 0 saturated carbocycles. The van der Waals surface area contributed by atoms with E-state index in [0.717, 1.165) is 35.5 Å². The van der Waals surface area contributed by atoms with Crippen molar-refractivity contribution >= 4 is 57.3 Å². The Morgan fingerprint density at radius 1 is 1.06 bits per heavy atom. The largest absolute Gasteiger partial charge is 0.380 e. The number of nitro groups is 1. The van der Waals surface area contributed by atoms with Gasteiger partial charge in [0.05, 0.1) is 26.9 Å². The van der Waals surface area contributed by atoms with Gasteiger partial charge < -0.3 is 5.73 Å². The molecule has 11 heteroatoms. The molecule has 0 unspecified atom stereocenters. The van der Waals surface area contributed by atoms with Gasteiger partial charge in [-0.3, -0.25) is 10.1 Å². The van der Waals surface area contributed by atoms with Gasteiger partial charge in [-0.1, -0.05) is 17.7 Å². The van der Waals surface area contributed by atoms with Crippen molar-refractivity contribution in [2.24, 2.45) is 10.2 Å². The highest BCUT2D eigenvalue weighted by Gasteiger charge is 2.25. The summed E-state index contributed by atoms with van der Waals surface area (Å²) in [6, 6.07) is 14.1. The van der Waals surface area contributed by atoms with Crippen LogP contribution in [0.15, 0.2) is 75.1 Å². The van der Waals surface area contributed by atoms with Crippen molar-refractivity contribution in [2.45, 2.75) is 19.3 Å². The molecule has 6 rings (SSSR count). The van der Waals surface area contributed by atoms with Crippen LogP contribution >= 0.6 is 22.7 Å². The van der Waals surface area contributed by atoms with E-state index in [9.17, 15) is 10.1 Å². The summed E-state index contributed by atoms with van der Waals surface area (Å²) < 4.78 is 1.78. The molecule has 36 heavy (non-hydrogen) atoms. The van der Waals surface area contributed by atoms with Crippen LogP contribution in [0.2, 0.25) is 0 Å². The number of nitro benzene ring substituents is 1. The number of hydrogen-bond acceptors (Lipinski definition) is 9. The van der Waals surface area contributed by atoms with Crippen LogP contribution in [0.25, 0.3) is 22.3 Å². The van der Waals surface area contributed by atoms with E-state index >= 15 is 0 Å². The smallest absolute Gasteiger partial charge is 0.269 e. The number of thiophene rings is 2. The van der Waals surface area contributed by atoms with Crippen molar-refractivity contribution in [3.05, 3.63) is 91.1 Å². The summed E-state index contributed by atoms with van der Waals surface area (Å²) in [4.78, 5) is 17.8. The molecule has 4 heterocycles. The van der Waals surface area contributed by atoms with E-state index in [1.54, 1.807) is 27.2 Å². The Morgan fingerprint density at radius 2 is 1.86 bits per heavy atom. The van der Waals surface area contributed by atoms with Gasteiger partial charge in [0.15, 0.2) is 17.2 Å². The number of benzene rings is 1. The first-order chi connectivity index (χ1) is 17.6. The molecule has 9 nitrogen and oxygen atoms in total. The van der Waals surface area contributed by atoms with E-state index in [1.807, 2.05) is 11.4 Å². The maximum Gasteiger partial charge on any atom is 0.269 e. The Labute approximate surface area is 213 Å². The Balaban J connectivity index is 1.46. The lowest BCUT2D eigenvalue weighted by molar-refractivity contribution is -0.384. The second kappa shape index (κ2) is 9.10. The normalized spacial score (nSPS) is 14.6. The summed E-state index contributed by atoms with van der Waals surface area (Å²) in [5.74, 6) is 0.225. The van der Waals surface area contributed by atoms with Crippen LogP contribution < -0.4 is 5.73 Å². The van der Waals surface area contributed by atoms with Gasteiger partial charge in [0.25, 0.3) is 5.69 Å². The highest BCUT2D eigenvalue weighted by atomic mass is 32.1. The highest BCUT2D eigenvalue weighted by molar-refractivity contribution is 7.13. The Morgan fingerprint density at radius 3 is 2.58 bits per heavy atom. The molecule has 5 aromatic rings. The van der Waals surface area contributed by atoms with Crippen molar-refractivity contribution in [1.29, 1.82) is 0 Å². The first-order valence-electron chi connectivity index (χ1n) is 11.2. The summed E-state index contributed by atoms with van der Waals surface area (Å²) in [5, 5.41) is 28.2. The van der Waals surface area contributed by atoms with Crippen LogP contribution in [0.3, 0.4) is 0 Å². The molecule has 0 spiro atoms. The molecule has 0 fully saturated rings. The van der Waals surface area contributed by atoms with E-state index < -0.39 is 4.92 Å². The highest BCUT2D eigenvalue weighted by Crippen LogP contribution is 2.39. The van der Waals surface area contributed by atoms with Crippen LogP contribution in [-0.2, 0) is 12.8 Å². The number of aromatic nitrogens is 3. The monoisotopic (exact) mass is 513 g/mol. The summed E-state index contributed by atoms with van der Waals surface area (Å²) in [5.41, 5.74) is 12.2. The second-order valence-electron chi connectivity index (χ2n) is 8.30. The molecular formula is C25H19N7O2S2. The van der Waals surface area contributed by atoms with Crippen LogP contribution in [0.1, 0.15) is 22.6 Å². The third-order valence-corrected chi connectivity index (χ3v) is 7.71. The maximum atomic E-state index is 10.9. The zero-order chi connectivity index (χ0) is 24.6. The number of allylic oxidation sites excluding steroid dienone is 1. The van der Waals surface area contributed by atoms with Crippen molar-refractivity contribution in [1.82, 2.24) is 14.6 Å². The maximum absolute atomic E-state index is 10.9. The van der Waals surface area contributed by atoms with Crippen molar-refractivity contribution in [3.8, 4) is 10.6 Å². The molecule has 0 saturated heterocycles. The minimum atomic E-state index is -0.454. The first kappa shape index (κ1) is 22.3. The van der Waals surface area contributed by atoms with E-state index in [2.05, 4.69) is 45.0 Å². The van der Waals surface area contributed by atoms with Gasteiger partial charge in [-0.25, -0.2) is 9.50 Å². The van der Waals surface area contributed by atoms with Crippen LogP contribution in [-0.4, -0.2) is 19.5 Å². The number of nitrogens with two attached hydrogens (primary N) is 1. The van der Waals surface area contributed by atoms with Crippen molar-refractivity contribution < 1.29 is 4.92 Å². The molecule has 0 atom stereocenters. The molecular weight excluding hydrogens is 494 g/mol. The Bertz CT molecular complexity index is 1630. The van der Waals surface area contributed by atoms with Crippen molar-refractivity contribution in [3.63, 3.8) is 0 Å². The molecule has 0 bridgehead atoms. The third-order valence-electron chi connectivity index (χ3n) is 6.01. The van der Waals surface area contributed by atoms with Crippen LogP contribution in [0.4, 0.5) is 22.9 Å². The number of nitrogen functional groups attached to an aromatic ring is 1. The zero-order valence-corrected chi connectivity index (χ0v) is 20.5. The van der Waals surface area contributed by atoms with Gasteiger partial charge >= 0.3 is 0 Å². The van der Waals surface area contributed by atoms with E-state index in [1.165, 1.54) is 40.3 Å². The Hall–Kier alpha value is -4.22. The van der Waals surface area contributed by atoms with E-state index in [4.69, 9.17) is 10.7 Å². The molecule has 0 amide bonds. The van der Waals surface area contributed by atoms with Gasteiger partial charge in [0, 0.05) is 29.0 Å². The third kappa shape index (κ3) is 4.08. The van der Waals surface area contributed by atoms with Crippen LogP contribution in [0, 0.1) is 10.1 Å². The summed E-state index contributed by atoms with van der Waals surface area (Å²) >= 11 is 3.37. The fourth-order valence-corrected chi connectivity index (χ4v) is 5.83. The number of fused-ring (bicyclic) bond motifs is 2. The molecule has 178 valence electrons. The molecule has 1 aromatic carbocycles. The van der Waals surface area contributed by atoms with Crippen LogP contribution in [0.5, 0.6) is 0 Å². The molecule has 0 radical (unpaired) electrons. The average molecular weight is 514 g/mol. The average Bonchev–Trinajstić information content (AvgIpc) is 3.64. The minimum Gasteiger partial charge on any atom is -0.380 e. The summed E-state index contributed by atoms with van der Waals surface area (Å²) in [6.45, 7) is 0. The zero-order valence-electron chi connectivity index (χ0n) is 18.9. The fraction of sp³-hybridized carbons (Fsp3) is 0.120. The van der Waals surface area contributed by atoms with Gasteiger partial charge in [-0.2, -0.15) is 5.11 Å². The lowest BCUT2D eigenvalue weighted by atomic mass is 9.89. The lowest BCUT2D eigenvalue weighted by Gasteiger charge is -2.21. The predicted octanol–water partition coefficient (Wildman–Crippen LogP) is 7.00. The van der Waals surface area contributed by atoms with Gasteiger partial charge in [0.1, 0.15) is 0 Å². The lowest BCUT2D eigenvalue weighted by Crippen LogP contribution is -2.13. The number of anilines is 1. The topological polar surface area (TPSA) is 124 Å².